The summed E-state index contributed by atoms with van der Waals surface area (Å²) in [7, 11) is 0. The summed E-state index contributed by atoms with van der Waals surface area (Å²) in [6.45, 7) is 3.72. The molecule has 6 nitrogen and oxygen atoms in total. The predicted molar refractivity (Wildman–Crippen MR) is 131 cm³/mol. The molecule has 0 radical (unpaired) electrons. The minimum atomic E-state index is -0.737. The first-order valence-electron chi connectivity index (χ1n) is 13.2. The Morgan fingerprint density at radius 2 is 1.58 bits per heavy atom. The van der Waals surface area contributed by atoms with Crippen molar-refractivity contribution in [1.82, 2.24) is 0 Å². The molecule has 0 fully saturated rings. The van der Waals surface area contributed by atoms with Gasteiger partial charge < -0.3 is 20.1 Å². The summed E-state index contributed by atoms with van der Waals surface area (Å²) < 4.78 is 5.25. The van der Waals surface area contributed by atoms with E-state index in [4.69, 9.17) is 4.74 Å². The molecule has 2 unspecified atom stereocenters. The summed E-state index contributed by atoms with van der Waals surface area (Å²) in [5.74, 6) is -0.392. The molecular formula is C27H48O6. The quantitative estimate of drug-likeness (QED) is 0.167. The van der Waals surface area contributed by atoms with E-state index in [9.17, 15) is 24.9 Å². The van der Waals surface area contributed by atoms with Crippen LogP contribution < -0.4 is 0 Å². The molecule has 1 aliphatic carbocycles. The molecule has 192 valence electrons. The molecule has 0 bridgehead atoms. The fourth-order valence-corrected chi connectivity index (χ4v) is 4.61. The van der Waals surface area contributed by atoms with Gasteiger partial charge in [-0.2, -0.15) is 0 Å². The number of carbonyl (C=O) groups is 2. The van der Waals surface area contributed by atoms with Crippen LogP contribution in [-0.2, 0) is 14.3 Å². The first-order valence-corrected chi connectivity index (χ1v) is 13.2. The van der Waals surface area contributed by atoms with Gasteiger partial charge in [0.2, 0.25) is 0 Å². The molecule has 0 saturated heterocycles. The minimum absolute atomic E-state index is 0.0577. The van der Waals surface area contributed by atoms with E-state index in [1.165, 1.54) is 19.3 Å². The number of allylic oxidation sites excluding steroid dienone is 1. The molecule has 0 heterocycles. The highest BCUT2D eigenvalue weighted by Crippen LogP contribution is 2.34. The summed E-state index contributed by atoms with van der Waals surface area (Å²) in [4.78, 5) is 23.6. The Balaban J connectivity index is 2.20. The number of rotatable bonds is 19. The van der Waals surface area contributed by atoms with E-state index in [-0.39, 0.29) is 31.7 Å². The second-order valence-corrected chi connectivity index (χ2v) is 9.95. The van der Waals surface area contributed by atoms with Crippen molar-refractivity contribution in [2.24, 2.45) is 17.3 Å². The van der Waals surface area contributed by atoms with Crippen LogP contribution in [0.15, 0.2) is 11.6 Å². The number of aliphatic carboxylic acids is 1. The van der Waals surface area contributed by atoms with Crippen molar-refractivity contribution >= 4 is 11.9 Å². The number of aliphatic hydroxyl groups is 2. The highest BCUT2D eigenvalue weighted by molar-refractivity contribution is 5.87. The maximum absolute atomic E-state index is 11.9. The second kappa shape index (κ2) is 17.1. The van der Waals surface area contributed by atoms with Crippen LogP contribution in [-0.4, -0.2) is 47.1 Å². The van der Waals surface area contributed by atoms with Gasteiger partial charge in [-0.25, -0.2) is 4.79 Å². The molecule has 0 aromatic carbocycles. The predicted octanol–water partition coefficient (Wildman–Crippen LogP) is 5.65. The van der Waals surface area contributed by atoms with E-state index in [0.29, 0.717) is 24.3 Å². The van der Waals surface area contributed by atoms with Crippen LogP contribution in [0.5, 0.6) is 0 Å². The number of hydrogen-bond acceptors (Lipinski definition) is 5. The number of hydrogen-bond donors (Lipinski definition) is 3. The van der Waals surface area contributed by atoms with Gasteiger partial charge in [0.25, 0.3) is 0 Å². The average molecular weight is 469 g/mol. The molecule has 0 saturated carbocycles. The van der Waals surface area contributed by atoms with Gasteiger partial charge in [-0.3, -0.25) is 4.79 Å². The van der Waals surface area contributed by atoms with E-state index in [2.05, 4.69) is 6.92 Å². The maximum Gasteiger partial charge on any atom is 0.331 e. The van der Waals surface area contributed by atoms with E-state index >= 15 is 0 Å². The maximum atomic E-state index is 11.9. The van der Waals surface area contributed by atoms with Crippen molar-refractivity contribution in [3.63, 3.8) is 0 Å². The number of unbranched alkanes of at least 4 members (excludes halogenated alkanes) is 7. The lowest BCUT2D eigenvalue weighted by atomic mass is 9.78. The highest BCUT2D eigenvalue weighted by Gasteiger charge is 2.29. The summed E-state index contributed by atoms with van der Waals surface area (Å²) in [6.07, 6.45) is 16.9. The molecule has 0 amide bonds. The monoisotopic (exact) mass is 468 g/mol. The Morgan fingerprint density at radius 3 is 2.21 bits per heavy atom. The zero-order valence-corrected chi connectivity index (χ0v) is 21.0. The molecule has 0 spiro atoms. The fraction of sp³-hybridized carbons (Fsp3) is 0.852. The molecule has 0 aliphatic heterocycles. The van der Waals surface area contributed by atoms with Crippen LogP contribution in [0.2, 0.25) is 0 Å². The number of carboxylic acids is 1. The van der Waals surface area contributed by atoms with Crippen molar-refractivity contribution in [2.75, 3.05) is 19.8 Å². The molecule has 33 heavy (non-hydrogen) atoms. The SMILES string of the molecule is CCCCCCC1CCC(CCCCCCCC(=O)OCC(CC)(CO)CO)C=C1C(=O)O. The number of ether oxygens (including phenoxy) is 1. The molecule has 2 atom stereocenters. The van der Waals surface area contributed by atoms with Gasteiger partial charge in [0.05, 0.1) is 18.6 Å². The van der Waals surface area contributed by atoms with Gasteiger partial charge in [0, 0.05) is 12.0 Å². The highest BCUT2D eigenvalue weighted by atomic mass is 16.5. The minimum Gasteiger partial charge on any atom is -0.478 e. The zero-order valence-electron chi connectivity index (χ0n) is 21.0. The molecule has 0 aromatic rings. The van der Waals surface area contributed by atoms with Gasteiger partial charge in [-0.05, 0) is 50.4 Å². The van der Waals surface area contributed by atoms with Gasteiger partial charge >= 0.3 is 11.9 Å². The Hall–Kier alpha value is -1.40. The van der Waals surface area contributed by atoms with Crippen LogP contribution in [0, 0.1) is 17.3 Å². The Bertz CT molecular complexity index is 573. The van der Waals surface area contributed by atoms with E-state index in [0.717, 1.165) is 64.2 Å². The summed E-state index contributed by atoms with van der Waals surface area (Å²) in [5.41, 5.74) is -0.0885. The van der Waals surface area contributed by atoms with Gasteiger partial charge in [-0.1, -0.05) is 71.3 Å². The first kappa shape index (κ1) is 29.6. The first-order chi connectivity index (χ1) is 15.9. The lowest BCUT2D eigenvalue weighted by Gasteiger charge is -2.27. The lowest BCUT2D eigenvalue weighted by Crippen LogP contribution is -2.35. The van der Waals surface area contributed by atoms with Crippen LogP contribution >= 0.6 is 0 Å². The van der Waals surface area contributed by atoms with Gasteiger partial charge in [0.1, 0.15) is 6.61 Å². The molecular weight excluding hydrogens is 420 g/mol. The fourth-order valence-electron chi connectivity index (χ4n) is 4.61. The lowest BCUT2D eigenvalue weighted by molar-refractivity contribution is -0.150. The standard InChI is InChI=1S/C27H48O6/c1-3-5-6-11-14-23-17-16-22(18-24(23)26(31)32)13-10-8-7-9-12-15-25(30)33-21-27(4-2,19-28)20-29/h18,22-23,28-29H,3-17,19-21H2,1-2H3,(H,31,32). The Labute approximate surface area is 200 Å². The van der Waals surface area contributed by atoms with Gasteiger partial charge in [-0.15, -0.1) is 0 Å². The number of esters is 1. The van der Waals surface area contributed by atoms with Gasteiger partial charge in [0.15, 0.2) is 0 Å². The molecule has 0 aromatic heterocycles. The topological polar surface area (TPSA) is 104 Å². The zero-order chi connectivity index (χ0) is 24.5. The van der Waals surface area contributed by atoms with E-state index in [1.807, 2.05) is 13.0 Å². The third-order valence-corrected chi connectivity index (χ3v) is 7.31. The smallest absolute Gasteiger partial charge is 0.331 e. The number of aliphatic hydroxyl groups excluding tert-OH is 2. The van der Waals surface area contributed by atoms with Crippen LogP contribution in [0.3, 0.4) is 0 Å². The Morgan fingerprint density at radius 1 is 0.939 bits per heavy atom. The second-order valence-electron chi connectivity index (χ2n) is 9.95. The van der Waals surface area contributed by atoms with Crippen LogP contribution in [0.4, 0.5) is 0 Å². The van der Waals surface area contributed by atoms with Crippen molar-refractivity contribution in [2.45, 2.75) is 110 Å². The van der Waals surface area contributed by atoms with Crippen LogP contribution in [0.1, 0.15) is 110 Å². The average Bonchev–Trinajstić information content (AvgIpc) is 2.82. The molecule has 1 aliphatic rings. The third kappa shape index (κ3) is 11.5. The molecule has 6 heteroatoms. The third-order valence-electron chi connectivity index (χ3n) is 7.31. The largest absolute Gasteiger partial charge is 0.478 e. The van der Waals surface area contributed by atoms with Crippen molar-refractivity contribution in [3.8, 4) is 0 Å². The molecule has 1 rings (SSSR count). The summed E-state index contributed by atoms with van der Waals surface area (Å²) in [6, 6.07) is 0. The Kier molecular flexibility index (Phi) is 15.4. The molecule has 3 N–H and O–H groups in total. The summed E-state index contributed by atoms with van der Waals surface area (Å²) in [5, 5.41) is 28.4. The van der Waals surface area contributed by atoms with E-state index < -0.39 is 11.4 Å². The summed E-state index contributed by atoms with van der Waals surface area (Å²) >= 11 is 0. The van der Waals surface area contributed by atoms with Crippen molar-refractivity contribution in [1.29, 1.82) is 0 Å². The number of carboxylic acid groups (broad SMARTS) is 1. The van der Waals surface area contributed by atoms with Crippen molar-refractivity contribution < 1.29 is 29.6 Å². The van der Waals surface area contributed by atoms with Crippen LogP contribution in [0.25, 0.3) is 0 Å². The number of carbonyl (C=O) groups excluding carboxylic acids is 1. The normalized spacial score (nSPS) is 18.7. The van der Waals surface area contributed by atoms with E-state index in [1.54, 1.807) is 0 Å². The van der Waals surface area contributed by atoms with Crippen molar-refractivity contribution in [3.05, 3.63) is 11.6 Å².